The van der Waals surface area contributed by atoms with Gasteiger partial charge in [-0.2, -0.15) is 0 Å². The van der Waals surface area contributed by atoms with E-state index in [-0.39, 0.29) is 12.4 Å². The monoisotopic (exact) mass is 321 g/mol. The molecular weight excluding hydrogens is 302 g/mol. The minimum absolute atomic E-state index is 0. The fourth-order valence-electron chi connectivity index (χ4n) is 1.79. The number of hydrogen-bond acceptors (Lipinski definition) is 5. The molecule has 0 saturated carbocycles. The summed E-state index contributed by atoms with van der Waals surface area (Å²) in [5.74, 6) is 0.438. The predicted octanol–water partition coefficient (Wildman–Crippen LogP) is -3.77. The summed E-state index contributed by atoms with van der Waals surface area (Å²) in [5.41, 5.74) is 0.805. The molecule has 0 bridgehead atoms. The van der Waals surface area contributed by atoms with E-state index in [0.29, 0.717) is 23.8 Å². The van der Waals surface area contributed by atoms with Gasteiger partial charge in [-0.1, -0.05) is 0 Å². The number of carboxylic acid groups (broad SMARTS) is 1. The number of aliphatic hydroxyl groups excluding tert-OH is 1. The highest BCUT2D eigenvalue weighted by atomic mass is 35.5. The Morgan fingerprint density at radius 2 is 1.71 bits per heavy atom. The van der Waals surface area contributed by atoms with Crippen molar-refractivity contribution >= 4 is 5.97 Å². The zero-order chi connectivity index (χ0) is 15.1. The van der Waals surface area contributed by atoms with E-state index in [9.17, 15) is 4.79 Å². The Hall–Kier alpha value is -1.70. The van der Waals surface area contributed by atoms with Crippen LogP contribution in [0.4, 0.5) is 0 Å². The first-order chi connectivity index (χ1) is 9.57. The highest BCUT2D eigenvalue weighted by molar-refractivity contribution is 5.71. The maximum absolute atomic E-state index is 10.8. The maximum Gasteiger partial charge on any atom is 0.364 e. The second-order valence-corrected chi connectivity index (χ2v) is 4.10. The van der Waals surface area contributed by atoms with Gasteiger partial charge in [-0.05, 0) is 12.1 Å². The van der Waals surface area contributed by atoms with Crippen molar-refractivity contribution in [2.45, 2.75) is 12.6 Å². The van der Waals surface area contributed by atoms with E-state index in [0.717, 1.165) is 5.56 Å². The van der Waals surface area contributed by atoms with Crippen molar-refractivity contribution in [3.63, 3.8) is 0 Å². The molecular formula is C13H20ClNO6. The number of ether oxygens (including phenoxy) is 3. The van der Waals surface area contributed by atoms with Gasteiger partial charge in [-0.25, -0.2) is 4.79 Å². The smallest absolute Gasteiger partial charge is 0.364 e. The Labute approximate surface area is 129 Å². The molecule has 0 heterocycles. The third-order valence-corrected chi connectivity index (χ3v) is 2.88. The molecule has 0 aliphatic heterocycles. The molecule has 0 aromatic heterocycles. The Kier molecular flexibility index (Phi) is 8.52. The number of halogens is 1. The molecule has 7 nitrogen and oxygen atoms in total. The summed E-state index contributed by atoms with van der Waals surface area (Å²) in [6, 6.07) is 2.59. The van der Waals surface area contributed by atoms with E-state index in [1.165, 1.54) is 26.6 Å². The Morgan fingerprint density at radius 1 is 1.19 bits per heavy atom. The standard InChI is InChI=1S/C13H19NO6.ClH/c1-18-10-4-8(5-11(19-2)12(10)20-3)6-14-9(7-15)13(16)17;/h4-5,9,14-15H,6-7H2,1-3H3,(H,16,17);1H. The molecule has 0 aliphatic rings. The first-order valence-corrected chi connectivity index (χ1v) is 6.03. The molecule has 0 fully saturated rings. The molecule has 1 unspecified atom stereocenters. The van der Waals surface area contributed by atoms with Crippen LogP contribution in [-0.4, -0.2) is 50.2 Å². The van der Waals surface area contributed by atoms with Crippen LogP contribution < -0.4 is 31.9 Å². The average molecular weight is 322 g/mol. The minimum atomic E-state index is -1.06. The zero-order valence-corrected chi connectivity index (χ0v) is 12.9. The number of benzene rings is 1. The lowest BCUT2D eigenvalue weighted by atomic mass is 10.1. The SMILES string of the molecule is COc1cc(C[NH2+]C(CO)C(=O)O)cc(OC)c1OC.[Cl-]. The number of methoxy groups -OCH3 is 3. The second kappa shape index (κ2) is 9.28. The lowest BCUT2D eigenvalue weighted by Crippen LogP contribution is -3.00. The first-order valence-electron chi connectivity index (χ1n) is 6.03. The highest BCUT2D eigenvalue weighted by Crippen LogP contribution is 2.37. The van der Waals surface area contributed by atoms with Crippen LogP contribution in [0.3, 0.4) is 0 Å². The van der Waals surface area contributed by atoms with Gasteiger partial charge in [0.05, 0.1) is 21.3 Å². The lowest BCUT2D eigenvalue weighted by Gasteiger charge is -2.14. The van der Waals surface area contributed by atoms with E-state index in [1.807, 2.05) is 0 Å². The Bertz CT molecular complexity index is 443. The number of carboxylic acids is 1. The predicted molar refractivity (Wildman–Crippen MR) is 70.2 cm³/mol. The molecule has 0 amide bonds. The summed E-state index contributed by atoms with van der Waals surface area (Å²) in [7, 11) is 4.54. The van der Waals surface area contributed by atoms with Gasteiger partial charge >= 0.3 is 5.97 Å². The zero-order valence-electron chi connectivity index (χ0n) is 12.1. The summed E-state index contributed by atoms with van der Waals surface area (Å²) in [6.07, 6.45) is 0. The van der Waals surface area contributed by atoms with E-state index in [1.54, 1.807) is 12.1 Å². The largest absolute Gasteiger partial charge is 1.00 e. The van der Waals surface area contributed by atoms with E-state index < -0.39 is 18.6 Å². The van der Waals surface area contributed by atoms with Gasteiger partial charge in [0.2, 0.25) is 11.8 Å². The molecule has 120 valence electrons. The normalized spacial score (nSPS) is 11.2. The van der Waals surface area contributed by atoms with Crippen LogP contribution in [0, 0.1) is 0 Å². The quantitative estimate of drug-likeness (QED) is 0.454. The fraction of sp³-hybridized carbons (Fsp3) is 0.462. The van der Waals surface area contributed by atoms with Crippen molar-refractivity contribution < 1.29 is 46.9 Å². The number of nitrogens with two attached hydrogens (primary N) is 1. The van der Waals surface area contributed by atoms with E-state index >= 15 is 0 Å². The van der Waals surface area contributed by atoms with Crippen LogP contribution in [0.1, 0.15) is 5.56 Å². The number of carbonyl (C=O) groups is 1. The van der Waals surface area contributed by atoms with Crippen molar-refractivity contribution in [1.29, 1.82) is 0 Å². The van der Waals surface area contributed by atoms with Crippen LogP contribution in [0.2, 0.25) is 0 Å². The third kappa shape index (κ3) is 4.96. The van der Waals surface area contributed by atoms with Crippen molar-refractivity contribution in [2.24, 2.45) is 0 Å². The summed E-state index contributed by atoms with van der Waals surface area (Å²) >= 11 is 0. The minimum Gasteiger partial charge on any atom is -1.00 e. The molecule has 8 heteroatoms. The second-order valence-electron chi connectivity index (χ2n) is 4.10. The molecule has 21 heavy (non-hydrogen) atoms. The van der Waals surface area contributed by atoms with Crippen LogP contribution in [0.15, 0.2) is 12.1 Å². The first kappa shape index (κ1) is 19.3. The van der Waals surface area contributed by atoms with Crippen molar-refractivity contribution in [2.75, 3.05) is 27.9 Å². The van der Waals surface area contributed by atoms with Gasteiger partial charge < -0.3 is 42.1 Å². The van der Waals surface area contributed by atoms with Crippen molar-refractivity contribution in [1.82, 2.24) is 0 Å². The van der Waals surface area contributed by atoms with Crippen LogP contribution in [0.5, 0.6) is 17.2 Å². The van der Waals surface area contributed by atoms with E-state index in [2.05, 4.69) is 0 Å². The van der Waals surface area contributed by atoms with Gasteiger partial charge in [0.1, 0.15) is 13.2 Å². The van der Waals surface area contributed by atoms with Crippen LogP contribution in [0.25, 0.3) is 0 Å². The Morgan fingerprint density at radius 3 is 2.05 bits per heavy atom. The molecule has 1 aromatic rings. The van der Waals surface area contributed by atoms with Gasteiger partial charge in [-0.3, -0.25) is 0 Å². The topological polar surface area (TPSA) is 102 Å². The van der Waals surface area contributed by atoms with Crippen LogP contribution >= 0.6 is 0 Å². The van der Waals surface area contributed by atoms with Gasteiger partial charge in [0.15, 0.2) is 11.5 Å². The number of quaternary nitrogens is 1. The summed E-state index contributed by atoms with van der Waals surface area (Å²) in [5, 5.41) is 19.4. The molecule has 1 rings (SSSR count). The summed E-state index contributed by atoms with van der Waals surface area (Å²) in [4.78, 5) is 10.8. The maximum atomic E-state index is 10.8. The average Bonchev–Trinajstić information content (AvgIpc) is 2.46. The van der Waals surface area contributed by atoms with Crippen molar-refractivity contribution in [3.8, 4) is 17.2 Å². The number of aliphatic hydroxyl groups is 1. The van der Waals surface area contributed by atoms with Gasteiger partial charge in [0.25, 0.3) is 0 Å². The molecule has 1 aromatic carbocycles. The van der Waals surface area contributed by atoms with Crippen LogP contribution in [-0.2, 0) is 11.3 Å². The molecule has 0 spiro atoms. The lowest BCUT2D eigenvalue weighted by molar-refractivity contribution is -0.694. The molecule has 0 aliphatic carbocycles. The number of aliphatic carboxylic acids is 1. The Balaban J connectivity index is 0.00000400. The molecule has 0 radical (unpaired) electrons. The van der Waals surface area contributed by atoms with E-state index in [4.69, 9.17) is 24.4 Å². The fourth-order valence-corrected chi connectivity index (χ4v) is 1.79. The summed E-state index contributed by atoms with van der Waals surface area (Å²) < 4.78 is 15.6. The highest BCUT2D eigenvalue weighted by Gasteiger charge is 2.20. The van der Waals surface area contributed by atoms with Crippen molar-refractivity contribution in [3.05, 3.63) is 17.7 Å². The van der Waals surface area contributed by atoms with Gasteiger partial charge in [-0.15, -0.1) is 0 Å². The van der Waals surface area contributed by atoms with Gasteiger partial charge in [0, 0.05) is 5.56 Å². The number of rotatable bonds is 8. The number of hydrogen-bond donors (Lipinski definition) is 3. The summed E-state index contributed by atoms with van der Waals surface area (Å²) in [6.45, 7) is -0.0615. The molecule has 0 saturated heterocycles. The molecule has 1 atom stereocenters. The third-order valence-electron chi connectivity index (χ3n) is 2.88. The molecule has 4 N–H and O–H groups in total.